The lowest BCUT2D eigenvalue weighted by Crippen LogP contribution is -2.34. The van der Waals surface area contributed by atoms with Crippen molar-refractivity contribution in [3.05, 3.63) is 68.1 Å². The molecule has 0 spiro atoms. The highest BCUT2D eigenvalue weighted by Gasteiger charge is 2.15. The summed E-state index contributed by atoms with van der Waals surface area (Å²) in [6.45, 7) is 0.976. The first kappa shape index (κ1) is 22.2. The van der Waals surface area contributed by atoms with Crippen LogP contribution in [-0.2, 0) is 14.3 Å². The molecular weight excluding hydrogens is 471 g/mol. The number of carbonyl (C=O) groups excluding carboxylic acids is 3. The molecule has 0 aliphatic rings. The Bertz CT molecular complexity index is 875. The highest BCUT2D eigenvalue weighted by atomic mass is 79.9. The van der Waals surface area contributed by atoms with Crippen LogP contribution in [0.15, 0.2) is 46.9 Å². The van der Waals surface area contributed by atoms with Crippen molar-refractivity contribution in [2.75, 3.05) is 13.2 Å². The molecule has 6 nitrogen and oxygen atoms in total. The fourth-order valence-corrected chi connectivity index (χ4v) is 2.99. The number of halogens is 3. The van der Waals surface area contributed by atoms with Crippen molar-refractivity contribution in [1.29, 1.82) is 0 Å². The molecular formula is C19H17BrCl2N2O4. The zero-order valence-corrected chi connectivity index (χ0v) is 17.9. The average molecular weight is 488 g/mol. The second-order valence-electron chi connectivity index (χ2n) is 5.81. The fourth-order valence-electron chi connectivity index (χ4n) is 2.24. The van der Waals surface area contributed by atoms with E-state index in [1.807, 2.05) is 31.2 Å². The SMILES string of the molecule is CC(NC(=O)COC(=O)CNC(=O)c1ccc(Cl)cc1Cl)c1ccc(Br)cc1. The normalized spacial score (nSPS) is 11.4. The summed E-state index contributed by atoms with van der Waals surface area (Å²) >= 11 is 15.0. The minimum atomic E-state index is -0.745. The summed E-state index contributed by atoms with van der Waals surface area (Å²) < 4.78 is 5.80. The lowest BCUT2D eigenvalue weighted by Gasteiger charge is -2.14. The van der Waals surface area contributed by atoms with Gasteiger partial charge in [0.25, 0.3) is 11.8 Å². The van der Waals surface area contributed by atoms with Crippen LogP contribution in [0.5, 0.6) is 0 Å². The maximum atomic E-state index is 12.0. The maximum absolute atomic E-state index is 12.0. The third-order valence-corrected chi connectivity index (χ3v) is 4.76. The van der Waals surface area contributed by atoms with Gasteiger partial charge in [0.2, 0.25) is 0 Å². The Hall–Kier alpha value is -2.09. The first-order chi connectivity index (χ1) is 13.3. The van der Waals surface area contributed by atoms with Gasteiger partial charge in [-0.25, -0.2) is 0 Å². The lowest BCUT2D eigenvalue weighted by atomic mass is 10.1. The molecule has 2 aromatic carbocycles. The lowest BCUT2D eigenvalue weighted by molar-refractivity contribution is -0.147. The van der Waals surface area contributed by atoms with Crippen molar-refractivity contribution < 1.29 is 19.1 Å². The zero-order chi connectivity index (χ0) is 20.7. The summed E-state index contributed by atoms with van der Waals surface area (Å²) in [5, 5.41) is 5.66. The van der Waals surface area contributed by atoms with E-state index in [0.717, 1.165) is 10.0 Å². The van der Waals surface area contributed by atoms with Crippen molar-refractivity contribution in [2.45, 2.75) is 13.0 Å². The van der Waals surface area contributed by atoms with Crippen LogP contribution in [0.25, 0.3) is 0 Å². The first-order valence-corrected chi connectivity index (χ1v) is 9.75. The first-order valence-electron chi connectivity index (χ1n) is 8.20. The van der Waals surface area contributed by atoms with E-state index in [2.05, 4.69) is 26.6 Å². The van der Waals surface area contributed by atoms with Crippen molar-refractivity contribution in [3.8, 4) is 0 Å². The van der Waals surface area contributed by atoms with Crippen LogP contribution in [-0.4, -0.2) is 30.9 Å². The number of hydrogen-bond donors (Lipinski definition) is 2. The molecule has 0 fully saturated rings. The molecule has 0 bridgehead atoms. The number of hydrogen-bond acceptors (Lipinski definition) is 4. The number of amides is 2. The largest absolute Gasteiger partial charge is 0.454 e. The Kier molecular flexibility index (Phi) is 8.29. The van der Waals surface area contributed by atoms with Gasteiger partial charge >= 0.3 is 5.97 Å². The van der Waals surface area contributed by atoms with Crippen molar-refractivity contribution in [2.24, 2.45) is 0 Å². The van der Waals surface area contributed by atoms with Crippen LogP contribution in [0.1, 0.15) is 28.9 Å². The summed E-state index contributed by atoms with van der Waals surface area (Å²) in [4.78, 5) is 35.7. The Balaban J connectivity index is 1.74. The summed E-state index contributed by atoms with van der Waals surface area (Å²) in [5.74, 6) is -1.74. The van der Waals surface area contributed by atoms with Gasteiger partial charge in [0.1, 0.15) is 6.54 Å². The van der Waals surface area contributed by atoms with Crippen LogP contribution in [0.4, 0.5) is 0 Å². The number of carbonyl (C=O) groups is 3. The molecule has 0 heterocycles. The van der Waals surface area contributed by atoms with Gasteiger partial charge < -0.3 is 15.4 Å². The van der Waals surface area contributed by atoms with Crippen LogP contribution >= 0.6 is 39.1 Å². The Morgan fingerprint density at radius 1 is 1.11 bits per heavy atom. The zero-order valence-electron chi connectivity index (χ0n) is 14.8. The van der Waals surface area contributed by atoms with Gasteiger partial charge in [-0.2, -0.15) is 0 Å². The predicted octanol–water partition coefficient (Wildman–Crippen LogP) is 3.91. The predicted molar refractivity (Wildman–Crippen MR) is 110 cm³/mol. The van der Waals surface area contributed by atoms with E-state index in [4.69, 9.17) is 27.9 Å². The van der Waals surface area contributed by atoms with E-state index in [0.29, 0.717) is 5.02 Å². The third kappa shape index (κ3) is 6.82. The van der Waals surface area contributed by atoms with E-state index in [1.54, 1.807) is 0 Å². The number of esters is 1. The molecule has 148 valence electrons. The molecule has 2 N–H and O–H groups in total. The Labute approximate surface area is 180 Å². The molecule has 0 saturated carbocycles. The van der Waals surface area contributed by atoms with Crippen molar-refractivity contribution in [1.82, 2.24) is 10.6 Å². The third-order valence-electron chi connectivity index (χ3n) is 3.68. The van der Waals surface area contributed by atoms with E-state index in [1.165, 1.54) is 18.2 Å². The summed E-state index contributed by atoms with van der Waals surface area (Å²) in [6.07, 6.45) is 0. The maximum Gasteiger partial charge on any atom is 0.325 e. The number of nitrogens with one attached hydrogen (secondary N) is 2. The topological polar surface area (TPSA) is 84.5 Å². The molecule has 0 aliphatic heterocycles. The molecule has 0 aliphatic carbocycles. The highest BCUT2D eigenvalue weighted by Crippen LogP contribution is 2.20. The van der Waals surface area contributed by atoms with Crippen LogP contribution in [0.2, 0.25) is 10.0 Å². The summed E-state index contributed by atoms with van der Waals surface area (Å²) in [6, 6.07) is 11.6. The standard InChI is InChI=1S/C19H17BrCl2N2O4/c1-11(12-2-4-13(20)5-3-12)24-17(25)10-28-18(26)9-23-19(27)15-7-6-14(21)8-16(15)22/h2-8,11H,9-10H2,1H3,(H,23,27)(H,24,25). The number of rotatable bonds is 7. The summed E-state index contributed by atoms with van der Waals surface area (Å²) in [7, 11) is 0. The van der Waals surface area contributed by atoms with Crippen LogP contribution in [0.3, 0.4) is 0 Å². The van der Waals surface area contributed by atoms with Crippen LogP contribution in [0, 0.1) is 0 Å². The van der Waals surface area contributed by atoms with Crippen molar-refractivity contribution >= 4 is 56.9 Å². The van der Waals surface area contributed by atoms with Gasteiger partial charge in [-0.3, -0.25) is 14.4 Å². The van der Waals surface area contributed by atoms with Crippen LogP contribution < -0.4 is 10.6 Å². The minimum absolute atomic E-state index is 0.166. The summed E-state index contributed by atoms with van der Waals surface area (Å²) in [5.41, 5.74) is 1.09. The minimum Gasteiger partial charge on any atom is -0.454 e. The van der Waals surface area contributed by atoms with Gasteiger partial charge in [-0.1, -0.05) is 51.3 Å². The Morgan fingerprint density at radius 3 is 2.43 bits per heavy atom. The quantitative estimate of drug-likeness (QED) is 0.580. The number of ether oxygens (including phenoxy) is 1. The molecule has 9 heteroatoms. The van der Waals surface area contributed by atoms with Gasteiger partial charge in [-0.05, 0) is 42.8 Å². The molecule has 0 radical (unpaired) electrons. The molecule has 0 aromatic heterocycles. The monoisotopic (exact) mass is 486 g/mol. The molecule has 2 rings (SSSR count). The molecule has 2 amide bonds. The molecule has 2 aromatic rings. The molecule has 1 atom stereocenters. The highest BCUT2D eigenvalue weighted by molar-refractivity contribution is 9.10. The van der Waals surface area contributed by atoms with Gasteiger partial charge in [0.05, 0.1) is 16.6 Å². The molecule has 0 saturated heterocycles. The molecule has 28 heavy (non-hydrogen) atoms. The smallest absolute Gasteiger partial charge is 0.325 e. The fraction of sp³-hybridized carbons (Fsp3) is 0.211. The Morgan fingerprint density at radius 2 is 1.79 bits per heavy atom. The van der Waals surface area contributed by atoms with Gasteiger partial charge in [0, 0.05) is 9.50 Å². The average Bonchev–Trinajstić information content (AvgIpc) is 2.65. The van der Waals surface area contributed by atoms with E-state index < -0.39 is 30.9 Å². The molecule has 1 unspecified atom stereocenters. The van der Waals surface area contributed by atoms with Gasteiger partial charge in [0.15, 0.2) is 6.61 Å². The number of benzene rings is 2. The van der Waals surface area contributed by atoms with E-state index >= 15 is 0 Å². The van der Waals surface area contributed by atoms with Gasteiger partial charge in [-0.15, -0.1) is 0 Å². The second kappa shape index (κ2) is 10.5. The van der Waals surface area contributed by atoms with Crippen molar-refractivity contribution in [3.63, 3.8) is 0 Å². The second-order valence-corrected chi connectivity index (χ2v) is 7.57. The van der Waals surface area contributed by atoms with E-state index in [-0.39, 0.29) is 16.6 Å². The van der Waals surface area contributed by atoms with E-state index in [9.17, 15) is 14.4 Å².